The topological polar surface area (TPSA) is 398 Å². The van der Waals surface area contributed by atoms with Crippen molar-refractivity contribution in [2.45, 2.75) is 86.1 Å². The molecule has 2 aliphatic heterocycles. The van der Waals surface area contributed by atoms with Crippen LogP contribution in [0.5, 0.6) is 0 Å². The SMILES string of the molecule is NCC(=O)N[C@@H](CCCN=C(N)N)C(=O)NCC(=O)N[C@@H](CC(=O)O)C(=O)N[C@@H](CS[C@@H]1O[C@H](CO)[C@@H](O)[C@H](O)[C@H]1O)C(=O)N1CCC[C@H]1C(N)=O. The number of aliphatic carboxylic acids is 1. The lowest BCUT2D eigenvalue weighted by molar-refractivity contribution is -0.205. The van der Waals surface area contributed by atoms with Crippen molar-refractivity contribution >= 4 is 59.1 Å². The van der Waals surface area contributed by atoms with Crippen LogP contribution in [0.4, 0.5) is 0 Å². The minimum Gasteiger partial charge on any atom is -0.481 e. The Hall–Kier alpha value is -4.33. The normalized spacial score (nSPS) is 24.4. The highest BCUT2D eigenvalue weighted by Gasteiger charge is 2.45. The number of primary amides is 1. The van der Waals surface area contributed by atoms with Crippen LogP contribution in [-0.2, 0) is 38.3 Å². The van der Waals surface area contributed by atoms with Crippen LogP contribution in [0, 0.1) is 0 Å². The van der Waals surface area contributed by atoms with E-state index >= 15 is 0 Å². The second kappa shape index (κ2) is 21.3. The Morgan fingerprint density at radius 3 is 2.17 bits per heavy atom. The Morgan fingerprint density at radius 2 is 1.58 bits per heavy atom. The molecule has 0 unspecified atom stereocenters. The quantitative estimate of drug-likeness (QED) is 0.0311. The molecule has 0 radical (unpaired) electrons. The van der Waals surface area contributed by atoms with Gasteiger partial charge >= 0.3 is 5.97 Å². The van der Waals surface area contributed by atoms with Crippen molar-refractivity contribution in [1.29, 1.82) is 0 Å². The number of nitrogens with one attached hydrogen (secondary N) is 4. The van der Waals surface area contributed by atoms with E-state index in [1.165, 1.54) is 0 Å². The zero-order valence-electron chi connectivity index (χ0n) is 28.1. The molecule has 2 fully saturated rings. The number of likely N-dealkylation sites (tertiary alicyclic amines) is 1. The lowest BCUT2D eigenvalue weighted by atomic mass is 10.0. The Bertz CT molecular complexity index is 1320. The number of nitrogens with two attached hydrogens (primary N) is 4. The van der Waals surface area contributed by atoms with Crippen molar-refractivity contribution in [3.8, 4) is 0 Å². The van der Waals surface area contributed by atoms with Gasteiger partial charge < -0.3 is 79.4 Å². The molecule has 294 valence electrons. The van der Waals surface area contributed by atoms with Gasteiger partial charge in [0.05, 0.1) is 26.1 Å². The van der Waals surface area contributed by atoms with Crippen molar-refractivity contribution in [2.75, 3.05) is 38.5 Å². The van der Waals surface area contributed by atoms with Crippen molar-refractivity contribution in [2.24, 2.45) is 27.9 Å². The van der Waals surface area contributed by atoms with E-state index in [1.54, 1.807) is 0 Å². The van der Waals surface area contributed by atoms with E-state index in [-0.39, 0.29) is 38.3 Å². The summed E-state index contributed by atoms with van der Waals surface area (Å²) in [5, 5.41) is 58.9. The molecule has 0 aromatic rings. The van der Waals surface area contributed by atoms with Crippen LogP contribution < -0.4 is 44.2 Å². The highest BCUT2D eigenvalue weighted by Crippen LogP contribution is 2.29. The molecule has 24 heteroatoms. The lowest BCUT2D eigenvalue weighted by Crippen LogP contribution is -2.59. The molecule has 0 saturated carbocycles. The summed E-state index contributed by atoms with van der Waals surface area (Å²) in [4.78, 5) is 93.2. The number of aliphatic imine (C=N–C) groups is 1. The van der Waals surface area contributed by atoms with Crippen LogP contribution in [0.3, 0.4) is 0 Å². The fourth-order valence-electron chi connectivity index (χ4n) is 5.32. The number of hydrogen-bond donors (Lipinski definition) is 13. The Morgan fingerprint density at radius 1 is 0.904 bits per heavy atom. The summed E-state index contributed by atoms with van der Waals surface area (Å²) < 4.78 is 5.46. The molecular formula is C28H48N10O13S. The molecule has 17 N–H and O–H groups in total. The van der Waals surface area contributed by atoms with Gasteiger partial charge in [0.1, 0.15) is 54.0 Å². The Labute approximate surface area is 301 Å². The second-order valence-corrected chi connectivity index (χ2v) is 13.0. The van der Waals surface area contributed by atoms with E-state index in [9.17, 15) is 59.1 Å². The number of aliphatic hydroxyl groups excluding tert-OH is 4. The molecule has 2 heterocycles. The van der Waals surface area contributed by atoms with Gasteiger partial charge in [0, 0.05) is 18.8 Å². The van der Waals surface area contributed by atoms with Crippen molar-refractivity contribution in [3.63, 3.8) is 0 Å². The van der Waals surface area contributed by atoms with Crippen LogP contribution in [-0.4, -0.2) is 170 Å². The van der Waals surface area contributed by atoms with Gasteiger partial charge in [-0.2, -0.15) is 0 Å². The van der Waals surface area contributed by atoms with E-state index in [2.05, 4.69) is 26.3 Å². The van der Waals surface area contributed by atoms with Crippen LogP contribution in [0.25, 0.3) is 0 Å². The number of rotatable bonds is 20. The van der Waals surface area contributed by atoms with Crippen LogP contribution in [0.2, 0.25) is 0 Å². The number of carbonyl (C=O) groups excluding carboxylic acids is 6. The number of aliphatic hydroxyl groups is 4. The molecule has 0 aromatic heterocycles. The van der Waals surface area contributed by atoms with Gasteiger partial charge in [0.15, 0.2) is 5.96 Å². The molecule has 6 amide bonds. The zero-order valence-corrected chi connectivity index (χ0v) is 28.9. The highest BCUT2D eigenvalue weighted by molar-refractivity contribution is 7.99. The van der Waals surface area contributed by atoms with E-state index in [0.29, 0.717) is 18.2 Å². The summed E-state index contributed by atoms with van der Waals surface area (Å²) >= 11 is 0.703. The maximum absolute atomic E-state index is 13.7. The first-order valence-electron chi connectivity index (χ1n) is 16.2. The number of guanidine groups is 1. The molecule has 2 saturated heterocycles. The van der Waals surface area contributed by atoms with Crippen molar-refractivity contribution < 1.29 is 63.8 Å². The average Bonchev–Trinajstić information content (AvgIpc) is 3.59. The van der Waals surface area contributed by atoms with E-state index in [0.717, 1.165) is 4.90 Å². The number of nitrogens with zero attached hydrogens (tertiary/aromatic N) is 2. The van der Waals surface area contributed by atoms with Crippen LogP contribution >= 0.6 is 11.8 Å². The maximum Gasteiger partial charge on any atom is 0.305 e. The molecule has 0 bridgehead atoms. The summed E-state index contributed by atoms with van der Waals surface area (Å²) in [5.41, 5.74) is 20.0. The smallest absolute Gasteiger partial charge is 0.305 e. The van der Waals surface area contributed by atoms with Crippen molar-refractivity contribution in [1.82, 2.24) is 26.2 Å². The highest BCUT2D eigenvalue weighted by atomic mass is 32.2. The third kappa shape index (κ3) is 13.3. The van der Waals surface area contributed by atoms with Gasteiger partial charge in [-0.1, -0.05) is 0 Å². The summed E-state index contributed by atoms with van der Waals surface area (Å²) in [6.07, 6.45) is -6.41. The predicted molar refractivity (Wildman–Crippen MR) is 180 cm³/mol. The van der Waals surface area contributed by atoms with Gasteiger partial charge in [-0.3, -0.25) is 38.6 Å². The third-order valence-electron chi connectivity index (χ3n) is 7.99. The minimum atomic E-state index is -1.80. The van der Waals surface area contributed by atoms with Crippen LogP contribution in [0.1, 0.15) is 32.1 Å². The molecular weight excluding hydrogens is 716 g/mol. The summed E-state index contributed by atoms with van der Waals surface area (Å²) in [7, 11) is 0. The molecule has 2 aliphatic rings. The molecule has 0 aliphatic carbocycles. The van der Waals surface area contributed by atoms with Gasteiger partial charge in [0.25, 0.3) is 0 Å². The minimum absolute atomic E-state index is 0.0458. The first-order chi connectivity index (χ1) is 24.5. The Balaban J connectivity index is 2.19. The molecule has 9 atom stereocenters. The van der Waals surface area contributed by atoms with E-state index < -0.39 is 127 Å². The molecule has 0 aromatic carbocycles. The van der Waals surface area contributed by atoms with Gasteiger partial charge in [-0.15, -0.1) is 11.8 Å². The number of carboxylic acids is 1. The first-order valence-corrected chi connectivity index (χ1v) is 17.2. The molecule has 23 nitrogen and oxygen atoms in total. The van der Waals surface area contributed by atoms with E-state index in [4.69, 9.17) is 27.7 Å². The zero-order chi connectivity index (χ0) is 39.1. The maximum atomic E-state index is 13.7. The van der Waals surface area contributed by atoms with Gasteiger partial charge in [0.2, 0.25) is 35.4 Å². The number of hydrogen-bond acceptors (Lipinski definition) is 15. The molecule has 2 rings (SSSR count). The lowest BCUT2D eigenvalue weighted by Gasteiger charge is -2.40. The van der Waals surface area contributed by atoms with Gasteiger partial charge in [-0.25, -0.2) is 0 Å². The predicted octanol–water partition coefficient (Wildman–Crippen LogP) is -7.95. The molecule has 52 heavy (non-hydrogen) atoms. The van der Waals surface area contributed by atoms with Crippen LogP contribution in [0.15, 0.2) is 4.99 Å². The average molecular weight is 765 g/mol. The fraction of sp³-hybridized carbons (Fsp3) is 0.714. The second-order valence-electron chi connectivity index (χ2n) is 11.9. The molecule has 0 spiro atoms. The summed E-state index contributed by atoms with van der Waals surface area (Å²) in [5.74, 6) is -7.40. The summed E-state index contributed by atoms with van der Waals surface area (Å²) in [6.45, 7) is -1.72. The van der Waals surface area contributed by atoms with E-state index in [1.807, 2.05) is 0 Å². The number of amides is 6. The fourth-order valence-corrected chi connectivity index (χ4v) is 6.50. The monoisotopic (exact) mass is 764 g/mol. The number of ether oxygens (including phenoxy) is 1. The standard InChI is InChI=1S/C28H48N10O13S/c29-8-17(40)35-12(3-1-5-33-28(31)32)24(48)34-9-18(41)36-13(7-19(42)43)25(49)37-14(26(50)38-6-2-4-15(38)23(30)47)11-52-27-22(46)21(45)20(44)16(10-39)51-27/h12-16,20-22,27,39,44-46H,1-11,29H2,(H2,30,47)(H,34,48)(H,35,40)(H,36,41)(H,37,49)(H,42,43)(H4,31,32,33)/t12-,13-,14-,15-,16+,20+,21-,22+,27-/m0/s1. The Kier molecular flexibility index (Phi) is 17.9. The third-order valence-corrected chi connectivity index (χ3v) is 9.23. The first kappa shape index (κ1) is 43.8. The van der Waals surface area contributed by atoms with Gasteiger partial charge in [-0.05, 0) is 25.7 Å². The number of carboxylic acid groups (broad SMARTS) is 1. The van der Waals surface area contributed by atoms with Crippen molar-refractivity contribution in [3.05, 3.63) is 0 Å². The number of carbonyl (C=O) groups is 7. The number of thioether (sulfide) groups is 1. The largest absolute Gasteiger partial charge is 0.481 e. The summed E-state index contributed by atoms with van der Waals surface area (Å²) in [6, 6.07) is -5.51.